The number of carboxylic acid groups (broad SMARTS) is 1. The fourth-order valence-electron chi connectivity index (χ4n) is 2.07. The van der Waals surface area contributed by atoms with Gasteiger partial charge in [-0.05, 0) is 12.1 Å². The van der Waals surface area contributed by atoms with Crippen molar-refractivity contribution in [3.05, 3.63) is 41.8 Å². The Morgan fingerprint density at radius 3 is 2.50 bits per heavy atom. The van der Waals surface area contributed by atoms with Crippen molar-refractivity contribution in [2.24, 2.45) is 22.2 Å². The molecular weight excluding hydrogens is 320 g/mol. The molecule has 1 aromatic carbocycles. The monoisotopic (exact) mass is 334 g/mol. The van der Waals surface area contributed by atoms with Crippen LogP contribution < -0.4 is 27.4 Å². The molecule has 1 aromatic rings. The van der Waals surface area contributed by atoms with Gasteiger partial charge in [0, 0.05) is 0 Å². The number of nitrogens with zero attached hydrogens (tertiary/aromatic N) is 2. The minimum Gasteiger partial charge on any atom is -0.449 e. The zero-order valence-electron chi connectivity index (χ0n) is 12.2. The number of primary amides is 2. The largest absolute Gasteiger partial charge is 0.511 e. The lowest BCUT2D eigenvalue weighted by atomic mass is 10.1. The number of aliphatic imine (C=N–C) groups is 1. The summed E-state index contributed by atoms with van der Waals surface area (Å²) in [6.45, 7) is 0. The zero-order valence-corrected chi connectivity index (χ0v) is 12.2. The van der Waals surface area contributed by atoms with Crippen molar-refractivity contribution in [1.29, 1.82) is 0 Å². The number of hydrogen-bond acceptors (Lipinski definition) is 7. The highest BCUT2D eigenvalue weighted by atomic mass is 16.7. The Labute approximate surface area is 135 Å². The van der Waals surface area contributed by atoms with Crippen LogP contribution in [0.25, 0.3) is 0 Å². The average Bonchev–Trinajstić information content (AvgIpc) is 2.49. The van der Waals surface area contributed by atoms with E-state index in [9.17, 15) is 14.4 Å². The molecule has 1 aliphatic heterocycles. The highest BCUT2D eigenvalue weighted by molar-refractivity contribution is 6.10. The molecule has 0 saturated heterocycles. The summed E-state index contributed by atoms with van der Waals surface area (Å²) < 4.78 is 4.55. The van der Waals surface area contributed by atoms with Crippen LogP contribution in [0.1, 0.15) is 10.4 Å². The summed E-state index contributed by atoms with van der Waals surface area (Å²) in [5.41, 5.74) is 16.7. The maximum absolute atomic E-state index is 11.6. The van der Waals surface area contributed by atoms with E-state index in [1.165, 1.54) is 17.0 Å². The van der Waals surface area contributed by atoms with Crippen LogP contribution in [0.5, 0.6) is 0 Å². The molecule has 1 aliphatic rings. The molecule has 8 N–H and O–H groups in total. The third-order valence-corrected chi connectivity index (χ3v) is 2.98. The Hall–Kier alpha value is -3.60. The highest BCUT2D eigenvalue weighted by Gasteiger charge is 2.32. The highest BCUT2D eigenvalue weighted by Crippen LogP contribution is 2.26. The number of carbonyl (C=O) groups is 3. The Morgan fingerprint density at radius 1 is 1.25 bits per heavy atom. The number of urea groups is 1. The summed E-state index contributed by atoms with van der Waals surface area (Å²) in [6.07, 6.45) is -1.78. The number of guanidine groups is 1. The number of benzene rings is 1. The van der Waals surface area contributed by atoms with Crippen LogP contribution in [-0.2, 0) is 4.74 Å². The standard InChI is InChI=1S/C13H14N6O5/c14-9-8(24-13(22)23)5-17-12(18-11(16)21)19(9)7-4-2-1-3-6(7)10(15)20/h1-5,9H,14H2,(H2,15,20)(H,22,23)(H3,16,17,18,21). The molecule has 0 aliphatic carbocycles. The molecule has 1 atom stereocenters. The number of para-hydroxylation sites is 1. The summed E-state index contributed by atoms with van der Waals surface area (Å²) in [6, 6.07) is 5.15. The van der Waals surface area contributed by atoms with Crippen molar-refractivity contribution in [2.75, 3.05) is 4.90 Å². The van der Waals surface area contributed by atoms with Crippen LogP contribution in [0, 0.1) is 0 Å². The van der Waals surface area contributed by atoms with Crippen molar-refractivity contribution >= 4 is 29.7 Å². The van der Waals surface area contributed by atoms with Crippen LogP contribution in [0.15, 0.2) is 41.2 Å². The van der Waals surface area contributed by atoms with Crippen molar-refractivity contribution in [1.82, 2.24) is 5.32 Å². The first-order valence-electron chi connectivity index (χ1n) is 6.50. The minimum atomic E-state index is -1.60. The number of carbonyl (C=O) groups excluding carboxylic acids is 2. The molecule has 126 valence electrons. The Balaban J connectivity index is 2.54. The lowest BCUT2D eigenvalue weighted by molar-refractivity contribution is 0.0999. The quantitative estimate of drug-likeness (QED) is 0.458. The van der Waals surface area contributed by atoms with Gasteiger partial charge in [-0.1, -0.05) is 12.1 Å². The van der Waals surface area contributed by atoms with Gasteiger partial charge in [-0.25, -0.2) is 14.6 Å². The number of amides is 3. The van der Waals surface area contributed by atoms with Gasteiger partial charge in [-0.15, -0.1) is 0 Å². The van der Waals surface area contributed by atoms with Gasteiger partial charge in [-0.2, -0.15) is 0 Å². The summed E-state index contributed by atoms with van der Waals surface area (Å²) in [4.78, 5) is 38.5. The number of rotatable bonds is 3. The van der Waals surface area contributed by atoms with Gasteiger partial charge in [0.2, 0.25) is 5.96 Å². The van der Waals surface area contributed by atoms with E-state index in [1.54, 1.807) is 12.1 Å². The molecule has 1 unspecified atom stereocenters. The van der Waals surface area contributed by atoms with Crippen LogP contribution >= 0.6 is 0 Å². The third-order valence-electron chi connectivity index (χ3n) is 2.98. The topological polar surface area (TPSA) is 186 Å². The van der Waals surface area contributed by atoms with Crippen LogP contribution in [0.2, 0.25) is 0 Å². The normalized spacial score (nSPS) is 16.7. The van der Waals surface area contributed by atoms with Crippen LogP contribution in [-0.4, -0.2) is 35.3 Å². The minimum absolute atomic E-state index is 0.0727. The molecule has 0 bridgehead atoms. The lowest BCUT2D eigenvalue weighted by Gasteiger charge is -2.34. The van der Waals surface area contributed by atoms with E-state index < -0.39 is 24.3 Å². The van der Waals surface area contributed by atoms with Gasteiger partial charge in [0.25, 0.3) is 5.91 Å². The molecule has 1 heterocycles. The van der Waals surface area contributed by atoms with E-state index >= 15 is 0 Å². The summed E-state index contributed by atoms with van der Waals surface area (Å²) in [5, 5.41) is 11.0. The Morgan fingerprint density at radius 2 is 1.92 bits per heavy atom. The summed E-state index contributed by atoms with van der Waals surface area (Å²) >= 11 is 0. The maximum atomic E-state index is 11.6. The van der Waals surface area contributed by atoms with Crippen molar-refractivity contribution in [3.8, 4) is 0 Å². The average molecular weight is 334 g/mol. The molecular formula is C13H14N6O5. The molecule has 11 nitrogen and oxygen atoms in total. The van der Waals surface area contributed by atoms with Crippen LogP contribution in [0.4, 0.5) is 15.3 Å². The predicted octanol–water partition coefficient (Wildman–Crippen LogP) is -0.549. The van der Waals surface area contributed by atoms with Crippen LogP contribution in [0.3, 0.4) is 0 Å². The number of nitrogens with two attached hydrogens (primary N) is 3. The molecule has 2 rings (SSSR count). The second-order valence-corrected chi connectivity index (χ2v) is 4.54. The van der Waals surface area contributed by atoms with Crippen molar-refractivity contribution in [2.45, 2.75) is 6.17 Å². The van der Waals surface area contributed by atoms with Gasteiger partial charge >= 0.3 is 12.2 Å². The van der Waals surface area contributed by atoms with E-state index in [4.69, 9.17) is 22.3 Å². The Kier molecular flexibility index (Phi) is 4.65. The molecule has 24 heavy (non-hydrogen) atoms. The van der Waals surface area contributed by atoms with Gasteiger partial charge in [-0.3, -0.25) is 15.0 Å². The summed E-state index contributed by atoms with van der Waals surface area (Å²) in [5.74, 6) is -1.11. The van der Waals surface area contributed by atoms with Gasteiger partial charge < -0.3 is 27.0 Å². The number of nitrogens with one attached hydrogen (secondary N) is 1. The summed E-state index contributed by atoms with van der Waals surface area (Å²) in [7, 11) is 0. The zero-order chi connectivity index (χ0) is 17.9. The molecule has 0 saturated carbocycles. The first-order valence-corrected chi connectivity index (χ1v) is 6.50. The second kappa shape index (κ2) is 6.66. The maximum Gasteiger partial charge on any atom is 0.511 e. The van der Waals surface area contributed by atoms with Crippen molar-refractivity contribution in [3.63, 3.8) is 0 Å². The van der Waals surface area contributed by atoms with Gasteiger partial charge in [0.15, 0.2) is 5.76 Å². The van der Waals surface area contributed by atoms with E-state index in [0.29, 0.717) is 0 Å². The number of anilines is 1. The fourth-order valence-corrected chi connectivity index (χ4v) is 2.07. The molecule has 0 spiro atoms. The molecule has 3 amide bonds. The van der Waals surface area contributed by atoms with Crippen molar-refractivity contribution < 1.29 is 24.2 Å². The Bertz CT molecular complexity index is 759. The lowest BCUT2D eigenvalue weighted by Crippen LogP contribution is -2.56. The molecule has 11 heteroatoms. The predicted molar refractivity (Wildman–Crippen MR) is 82.8 cm³/mol. The smallest absolute Gasteiger partial charge is 0.449 e. The molecule has 0 aromatic heterocycles. The van der Waals surface area contributed by atoms with E-state index in [2.05, 4.69) is 15.0 Å². The van der Waals surface area contributed by atoms with E-state index in [1.807, 2.05) is 0 Å². The van der Waals surface area contributed by atoms with E-state index in [-0.39, 0.29) is 23.0 Å². The van der Waals surface area contributed by atoms with Gasteiger partial charge in [0.1, 0.15) is 6.17 Å². The first-order chi connectivity index (χ1) is 11.3. The fraction of sp³-hybridized carbons (Fsp3) is 0.0769. The molecule has 0 fully saturated rings. The first kappa shape index (κ1) is 16.8. The third kappa shape index (κ3) is 3.41. The number of ether oxygens (including phenoxy) is 1. The van der Waals surface area contributed by atoms with Gasteiger partial charge in [0.05, 0.1) is 17.5 Å². The van der Waals surface area contributed by atoms with E-state index in [0.717, 1.165) is 6.20 Å². The molecule has 0 radical (unpaired) electrons. The number of hydrogen-bond donors (Lipinski definition) is 5. The SMILES string of the molecule is NC(=O)NC1=NC=C(OC(=O)O)C(N)N1c1ccccc1C(N)=O. The second-order valence-electron chi connectivity index (χ2n) is 4.54.